The lowest BCUT2D eigenvalue weighted by atomic mass is 9.84. The van der Waals surface area contributed by atoms with E-state index in [1.165, 1.54) is 0 Å². The maximum atomic E-state index is 12.2. The van der Waals surface area contributed by atoms with E-state index in [1.54, 1.807) is 0 Å². The number of rotatable bonds is 5. The number of carbonyl (C=O) groups excluding carboxylic acids is 1. The first-order chi connectivity index (χ1) is 9.29. The minimum absolute atomic E-state index is 0.000538. The van der Waals surface area contributed by atoms with Crippen LogP contribution < -0.4 is 10.6 Å². The van der Waals surface area contributed by atoms with E-state index in [-0.39, 0.29) is 17.5 Å². The Labute approximate surface area is 128 Å². The second kappa shape index (κ2) is 8.13. The molecule has 0 aromatic carbocycles. The summed E-state index contributed by atoms with van der Waals surface area (Å²) in [5.41, 5.74) is 0.0791. The highest BCUT2D eigenvalue weighted by atomic mass is 32.2. The van der Waals surface area contributed by atoms with Gasteiger partial charge in [-0.15, -0.1) is 0 Å². The lowest BCUT2D eigenvalue weighted by molar-refractivity contribution is 0.203. The van der Waals surface area contributed by atoms with Crippen LogP contribution in [0.15, 0.2) is 0 Å². The topological polar surface area (TPSA) is 44.4 Å². The number of nitrogens with one attached hydrogen (secondary N) is 2. The van der Waals surface area contributed by atoms with Crippen molar-refractivity contribution < 1.29 is 4.79 Å². The van der Waals surface area contributed by atoms with Gasteiger partial charge in [0.25, 0.3) is 0 Å². The van der Waals surface area contributed by atoms with Crippen LogP contribution in [0.2, 0.25) is 0 Å². The van der Waals surface area contributed by atoms with Crippen LogP contribution in [-0.4, -0.2) is 55.2 Å². The zero-order valence-corrected chi connectivity index (χ0v) is 14.5. The maximum absolute atomic E-state index is 12.2. The van der Waals surface area contributed by atoms with Gasteiger partial charge in [-0.3, -0.25) is 0 Å². The average Bonchev–Trinajstić information content (AvgIpc) is 2.34. The summed E-state index contributed by atoms with van der Waals surface area (Å²) in [6, 6.07) is 0.550. The lowest BCUT2D eigenvalue weighted by Gasteiger charge is -2.33. The molecule has 5 heteroatoms. The molecule has 2 amide bonds. The van der Waals surface area contributed by atoms with Gasteiger partial charge in [-0.05, 0) is 56.8 Å². The SMILES string of the molecule is CN(C)CC[C@H](NC(=O)NC1CCSCC1)C(C)(C)C. The summed E-state index contributed by atoms with van der Waals surface area (Å²) in [6.07, 6.45) is 3.16. The van der Waals surface area contributed by atoms with E-state index in [4.69, 9.17) is 0 Å². The standard InChI is InChI=1S/C15H31N3OS/c1-15(2,3)13(6-9-18(4)5)17-14(19)16-12-7-10-20-11-8-12/h12-13H,6-11H2,1-5H3,(H2,16,17,19)/t13-/m0/s1. The second-order valence-corrected chi connectivity index (χ2v) is 8.24. The molecule has 118 valence electrons. The summed E-state index contributed by atoms with van der Waals surface area (Å²) in [5, 5.41) is 6.31. The highest BCUT2D eigenvalue weighted by molar-refractivity contribution is 7.99. The Morgan fingerprint density at radius 1 is 1.30 bits per heavy atom. The first-order valence-corrected chi connectivity index (χ1v) is 8.74. The van der Waals surface area contributed by atoms with Crippen LogP contribution in [0.1, 0.15) is 40.0 Å². The fourth-order valence-corrected chi connectivity index (χ4v) is 3.44. The Morgan fingerprint density at radius 2 is 1.90 bits per heavy atom. The molecule has 1 atom stereocenters. The van der Waals surface area contributed by atoms with Gasteiger partial charge in [0.15, 0.2) is 0 Å². The molecule has 0 bridgehead atoms. The van der Waals surface area contributed by atoms with Crippen LogP contribution >= 0.6 is 11.8 Å². The number of hydrogen-bond acceptors (Lipinski definition) is 3. The number of amides is 2. The van der Waals surface area contributed by atoms with Gasteiger partial charge in [-0.1, -0.05) is 20.8 Å². The van der Waals surface area contributed by atoms with Crippen molar-refractivity contribution in [3.05, 3.63) is 0 Å². The summed E-state index contributed by atoms with van der Waals surface area (Å²) < 4.78 is 0. The van der Waals surface area contributed by atoms with Crippen molar-refractivity contribution in [1.82, 2.24) is 15.5 Å². The predicted octanol–water partition coefficient (Wildman–Crippen LogP) is 2.55. The van der Waals surface area contributed by atoms with Crippen molar-refractivity contribution in [2.75, 3.05) is 32.1 Å². The molecule has 1 aliphatic heterocycles. The Morgan fingerprint density at radius 3 is 2.40 bits per heavy atom. The summed E-state index contributed by atoms with van der Waals surface area (Å²) in [5.74, 6) is 2.32. The van der Waals surface area contributed by atoms with Crippen molar-refractivity contribution in [2.45, 2.75) is 52.1 Å². The summed E-state index contributed by atoms with van der Waals surface area (Å²) in [7, 11) is 4.14. The Hall–Kier alpha value is -0.420. The average molecular weight is 302 g/mol. The van der Waals surface area contributed by atoms with Crippen molar-refractivity contribution in [1.29, 1.82) is 0 Å². The first kappa shape index (κ1) is 17.6. The molecular weight excluding hydrogens is 270 g/mol. The number of nitrogens with zero attached hydrogens (tertiary/aromatic N) is 1. The van der Waals surface area contributed by atoms with Crippen LogP contribution in [0.3, 0.4) is 0 Å². The van der Waals surface area contributed by atoms with Gasteiger partial charge in [-0.25, -0.2) is 4.79 Å². The molecule has 20 heavy (non-hydrogen) atoms. The molecule has 1 heterocycles. The Kier molecular flexibility index (Phi) is 7.17. The van der Waals surface area contributed by atoms with Crippen LogP contribution in [0.25, 0.3) is 0 Å². The number of urea groups is 1. The zero-order valence-electron chi connectivity index (χ0n) is 13.7. The smallest absolute Gasteiger partial charge is 0.315 e. The van der Waals surface area contributed by atoms with E-state index in [1.807, 2.05) is 11.8 Å². The molecule has 0 unspecified atom stereocenters. The van der Waals surface area contributed by atoms with Gasteiger partial charge in [0.2, 0.25) is 0 Å². The molecule has 1 fully saturated rings. The van der Waals surface area contributed by atoms with E-state index < -0.39 is 0 Å². The third kappa shape index (κ3) is 6.84. The molecular formula is C15H31N3OS. The fraction of sp³-hybridized carbons (Fsp3) is 0.933. The van der Waals surface area contributed by atoms with Gasteiger partial charge in [0.05, 0.1) is 0 Å². The molecule has 1 saturated heterocycles. The molecule has 4 nitrogen and oxygen atoms in total. The predicted molar refractivity (Wildman–Crippen MR) is 88.4 cm³/mol. The Balaban J connectivity index is 2.44. The quantitative estimate of drug-likeness (QED) is 0.820. The summed E-state index contributed by atoms with van der Waals surface area (Å²) in [6.45, 7) is 7.54. The monoisotopic (exact) mass is 301 g/mol. The van der Waals surface area contributed by atoms with Crippen LogP contribution in [0.4, 0.5) is 4.79 Å². The second-order valence-electron chi connectivity index (χ2n) is 7.02. The molecule has 0 saturated carbocycles. The number of hydrogen-bond donors (Lipinski definition) is 2. The van der Waals surface area contributed by atoms with E-state index in [0.717, 1.165) is 37.3 Å². The van der Waals surface area contributed by atoms with Crippen LogP contribution in [0, 0.1) is 5.41 Å². The van der Waals surface area contributed by atoms with Crippen LogP contribution in [-0.2, 0) is 0 Å². The fourth-order valence-electron chi connectivity index (χ4n) is 2.34. The number of thioether (sulfide) groups is 1. The minimum atomic E-state index is 0.000538. The van der Waals surface area contributed by atoms with E-state index in [9.17, 15) is 4.79 Å². The summed E-state index contributed by atoms with van der Waals surface area (Å²) in [4.78, 5) is 14.3. The highest BCUT2D eigenvalue weighted by Crippen LogP contribution is 2.22. The molecule has 0 aromatic rings. The number of carbonyl (C=O) groups is 1. The van der Waals surface area contributed by atoms with Crippen molar-refractivity contribution in [3.8, 4) is 0 Å². The third-order valence-corrected chi connectivity index (χ3v) is 4.82. The van der Waals surface area contributed by atoms with Gasteiger partial charge in [0, 0.05) is 12.1 Å². The summed E-state index contributed by atoms with van der Waals surface area (Å²) >= 11 is 1.98. The maximum Gasteiger partial charge on any atom is 0.315 e. The third-order valence-electron chi connectivity index (χ3n) is 3.77. The zero-order chi connectivity index (χ0) is 15.2. The molecule has 1 rings (SSSR count). The molecule has 1 aliphatic rings. The lowest BCUT2D eigenvalue weighted by Crippen LogP contribution is -2.51. The van der Waals surface area contributed by atoms with Gasteiger partial charge in [0.1, 0.15) is 0 Å². The van der Waals surface area contributed by atoms with Gasteiger partial charge < -0.3 is 15.5 Å². The first-order valence-electron chi connectivity index (χ1n) is 7.58. The van der Waals surface area contributed by atoms with Gasteiger partial charge in [-0.2, -0.15) is 11.8 Å². The Bertz CT molecular complexity index is 296. The van der Waals surface area contributed by atoms with Crippen molar-refractivity contribution in [2.24, 2.45) is 5.41 Å². The van der Waals surface area contributed by atoms with Crippen molar-refractivity contribution in [3.63, 3.8) is 0 Å². The van der Waals surface area contributed by atoms with E-state index in [0.29, 0.717) is 6.04 Å². The van der Waals surface area contributed by atoms with E-state index >= 15 is 0 Å². The molecule has 0 aliphatic carbocycles. The van der Waals surface area contributed by atoms with E-state index in [2.05, 4.69) is 50.4 Å². The normalized spacial score (nSPS) is 18.9. The largest absolute Gasteiger partial charge is 0.335 e. The van der Waals surface area contributed by atoms with Crippen LogP contribution in [0.5, 0.6) is 0 Å². The minimum Gasteiger partial charge on any atom is -0.335 e. The molecule has 0 radical (unpaired) electrons. The van der Waals surface area contributed by atoms with Crippen molar-refractivity contribution >= 4 is 17.8 Å². The molecule has 0 spiro atoms. The highest BCUT2D eigenvalue weighted by Gasteiger charge is 2.27. The molecule has 2 N–H and O–H groups in total. The van der Waals surface area contributed by atoms with Gasteiger partial charge >= 0.3 is 6.03 Å². The molecule has 0 aromatic heterocycles.